The minimum Gasteiger partial charge on any atom is -0.394 e. The van der Waals surface area contributed by atoms with Crippen LogP contribution in [-0.4, -0.2) is 70.1 Å². The maximum Gasteiger partial charge on any atom is 0.254 e. The molecule has 9 heteroatoms. The molecule has 0 aliphatic carbocycles. The monoisotopic (exact) mass is 534 g/mol. The van der Waals surface area contributed by atoms with E-state index in [9.17, 15) is 14.7 Å². The maximum absolute atomic E-state index is 13.3. The standard InChI is InChI=1S/C29H31ClN4O4/c1-33(25(18-35)20-5-3-2-4-6-20)27(36)17-34-16-22-8-7-21(14-23(22)29(34)37)28-24(30)15-31-26(32-28)13-19-9-11-38-12-10-19/h2-8,14-15,19,25,35H,9-13,16-18H2,1H3/t25-/m1/s1. The highest BCUT2D eigenvalue weighted by Crippen LogP contribution is 2.32. The van der Waals surface area contributed by atoms with Crippen LogP contribution in [0.15, 0.2) is 54.7 Å². The predicted octanol–water partition coefficient (Wildman–Crippen LogP) is 3.91. The number of likely N-dealkylation sites (N-methyl/N-ethyl adjacent to an activating group) is 1. The molecule has 0 spiro atoms. The van der Waals surface area contributed by atoms with Gasteiger partial charge in [-0.2, -0.15) is 0 Å². The summed E-state index contributed by atoms with van der Waals surface area (Å²) in [6.45, 7) is 1.58. The van der Waals surface area contributed by atoms with Gasteiger partial charge in [-0.25, -0.2) is 9.97 Å². The van der Waals surface area contributed by atoms with Crippen LogP contribution in [0.2, 0.25) is 5.02 Å². The number of aromatic nitrogens is 2. The largest absolute Gasteiger partial charge is 0.394 e. The predicted molar refractivity (Wildman–Crippen MR) is 144 cm³/mol. The number of benzene rings is 2. The van der Waals surface area contributed by atoms with Crippen LogP contribution < -0.4 is 0 Å². The Labute approximate surface area is 227 Å². The molecule has 1 aromatic heterocycles. The number of hydrogen-bond acceptors (Lipinski definition) is 6. The van der Waals surface area contributed by atoms with Crippen LogP contribution in [0.4, 0.5) is 0 Å². The molecule has 0 saturated carbocycles. The van der Waals surface area contributed by atoms with Gasteiger partial charge < -0.3 is 19.6 Å². The number of amides is 2. The van der Waals surface area contributed by atoms with Crippen molar-refractivity contribution in [2.45, 2.75) is 31.8 Å². The summed E-state index contributed by atoms with van der Waals surface area (Å²) < 4.78 is 5.45. The molecule has 2 aliphatic rings. The van der Waals surface area contributed by atoms with E-state index in [1.807, 2.05) is 42.5 Å². The fourth-order valence-corrected chi connectivity index (χ4v) is 5.32. The first kappa shape index (κ1) is 26.3. The van der Waals surface area contributed by atoms with E-state index in [2.05, 4.69) is 4.98 Å². The fraction of sp³-hybridized carbons (Fsp3) is 0.379. The Hall–Kier alpha value is -3.33. The molecule has 0 radical (unpaired) electrons. The SMILES string of the molecule is CN(C(=O)CN1Cc2ccc(-c3nc(CC4CCOCC4)ncc3Cl)cc2C1=O)[C@H](CO)c1ccccc1. The zero-order valence-electron chi connectivity index (χ0n) is 21.3. The first-order valence-corrected chi connectivity index (χ1v) is 13.3. The normalized spacial score (nSPS) is 16.4. The van der Waals surface area contributed by atoms with E-state index in [-0.39, 0.29) is 25.0 Å². The van der Waals surface area contributed by atoms with Gasteiger partial charge in [0.1, 0.15) is 12.4 Å². The first-order valence-electron chi connectivity index (χ1n) is 12.9. The lowest BCUT2D eigenvalue weighted by Gasteiger charge is -2.28. The molecule has 5 rings (SSSR count). The number of carbonyl (C=O) groups excluding carboxylic acids is 2. The Kier molecular flexibility index (Phi) is 8.02. The van der Waals surface area contributed by atoms with Crippen molar-refractivity contribution in [3.05, 3.63) is 82.3 Å². The van der Waals surface area contributed by atoms with Gasteiger partial charge in [-0.3, -0.25) is 9.59 Å². The van der Waals surface area contributed by atoms with Crippen LogP contribution in [0.1, 0.15) is 46.2 Å². The fourth-order valence-electron chi connectivity index (χ4n) is 5.12. The lowest BCUT2D eigenvalue weighted by molar-refractivity contribution is -0.133. The first-order chi connectivity index (χ1) is 18.4. The second-order valence-corrected chi connectivity index (χ2v) is 10.3. The lowest BCUT2D eigenvalue weighted by atomic mass is 9.96. The van der Waals surface area contributed by atoms with E-state index >= 15 is 0 Å². The Morgan fingerprint density at radius 3 is 2.71 bits per heavy atom. The van der Waals surface area contributed by atoms with Gasteiger partial charge in [0.2, 0.25) is 5.91 Å². The summed E-state index contributed by atoms with van der Waals surface area (Å²) in [7, 11) is 1.65. The third-order valence-electron chi connectivity index (χ3n) is 7.41. The summed E-state index contributed by atoms with van der Waals surface area (Å²) >= 11 is 6.48. The van der Waals surface area contributed by atoms with Gasteiger partial charge in [0.05, 0.1) is 23.4 Å². The number of halogens is 1. The van der Waals surface area contributed by atoms with Gasteiger partial charge in [-0.05, 0) is 36.0 Å². The van der Waals surface area contributed by atoms with E-state index in [4.69, 9.17) is 21.3 Å². The Bertz CT molecular complexity index is 1310. The summed E-state index contributed by atoms with van der Waals surface area (Å²) in [5, 5.41) is 10.4. The van der Waals surface area contributed by atoms with Crippen LogP contribution >= 0.6 is 11.6 Å². The van der Waals surface area contributed by atoms with E-state index < -0.39 is 6.04 Å². The molecule has 1 atom stereocenters. The van der Waals surface area contributed by atoms with Crippen LogP contribution in [0.3, 0.4) is 0 Å². The Morgan fingerprint density at radius 1 is 1.21 bits per heavy atom. The number of fused-ring (bicyclic) bond motifs is 1. The molecule has 0 bridgehead atoms. The molecule has 0 unspecified atom stereocenters. The van der Waals surface area contributed by atoms with Crippen molar-refractivity contribution < 1.29 is 19.4 Å². The van der Waals surface area contributed by atoms with Crippen molar-refractivity contribution in [1.29, 1.82) is 0 Å². The van der Waals surface area contributed by atoms with E-state index in [1.165, 1.54) is 9.80 Å². The molecular weight excluding hydrogens is 504 g/mol. The summed E-state index contributed by atoms with van der Waals surface area (Å²) in [6.07, 6.45) is 4.36. The number of hydrogen-bond donors (Lipinski definition) is 1. The summed E-state index contributed by atoms with van der Waals surface area (Å²) in [6, 6.07) is 14.5. The van der Waals surface area contributed by atoms with Gasteiger partial charge in [0.25, 0.3) is 5.91 Å². The average molecular weight is 535 g/mol. The van der Waals surface area contributed by atoms with E-state index in [1.54, 1.807) is 19.3 Å². The number of carbonyl (C=O) groups is 2. The molecule has 38 heavy (non-hydrogen) atoms. The number of aliphatic hydroxyl groups is 1. The quantitative estimate of drug-likeness (QED) is 0.471. The molecule has 198 valence electrons. The minimum absolute atomic E-state index is 0.0772. The maximum atomic E-state index is 13.3. The van der Waals surface area contributed by atoms with E-state index in [0.717, 1.165) is 55.0 Å². The highest BCUT2D eigenvalue weighted by molar-refractivity contribution is 6.32. The van der Waals surface area contributed by atoms with Gasteiger partial charge in [-0.15, -0.1) is 0 Å². The summed E-state index contributed by atoms with van der Waals surface area (Å²) in [5.74, 6) is 0.758. The molecular formula is C29H31ClN4O4. The van der Waals surface area contributed by atoms with Crippen LogP contribution in [0.5, 0.6) is 0 Å². The molecule has 2 aliphatic heterocycles. The molecule has 2 amide bonds. The third-order valence-corrected chi connectivity index (χ3v) is 7.69. The summed E-state index contributed by atoms with van der Waals surface area (Å²) in [4.78, 5) is 38.6. The van der Waals surface area contributed by atoms with Crippen molar-refractivity contribution in [3.8, 4) is 11.3 Å². The van der Waals surface area contributed by atoms with Crippen molar-refractivity contribution in [1.82, 2.24) is 19.8 Å². The highest BCUT2D eigenvalue weighted by Gasteiger charge is 2.31. The van der Waals surface area contributed by atoms with Crippen LogP contribution in [-0.2, 0) is 22.5 Å². The number of nitrogens with zero attached hydrogens (tertiary/aromatic N) is 4. The van der Waals surface area contributed by atoms with E-state index in [0.29, 0.717) is 28.7 Å². The van der Waals surface area contributed by atoms with Crippen molar-refractivity contribution >= 4 is 23.4 Å². The second-order valence-electron chi connectivity index (χ2n) is 9.89. The molecule has 2 aromatic carbocycles. The molecule has 3 heterocycles. The van der Waals surface area contributed by atoms with Crippen LogP contribution in [0.25, 0.3) is 11.3 Å². The molecule has 1 saturated heterocycles. The number of rotatable bonds is 8. The van der Waals surface area contributed by atoms with Gasteiger partial charge >= 0.3 is 0 Å². The topological polar surface area (TPSA) is 95.9 Å². The number of aliphatic hydroxyl groups excluding tert-OH is 1. The van der Waals surface area contributed by atoms with Crippen molar-refractivity contribution in [3.63, 3.8) is 0 Å². The van der Waals surface area contributed by atoms with Gasteiger partial charge in [0, 0.05) is 50.6 Å². The molecule has 1 N–H and O–H groups in total. The molecule has 8 nitrogen and oxygen atoms in total. The second kappa shape index (κ2) is 11.6. The van der Waals surface area contributed by atoms with Gasteiger partial charge in [0.15, 0.2) is 0 Å². The zero-order valence-corrected chi connectivity index (χ0v) is 22.1. The Morgan fingerprint density at radius 2 is 1.97 bits per heavy atom. The third kappa shape index (κ3) is 5.57. The lowest BCUT2D eigenvalue weighted by Crippen LogP contribution is -2.41. The van der Waals surface area contributed by atoms with Crippen molar-refractivity contribution in [2.24, 2.45) is 5.92 Å². The molecule has 1 fully saturated rings. The average Bonchev–Trinajstić information content (AvgIpc) is 3.25. The summed E-state index contributed by atoms with van der Waals surface area (Å²) in [5.41, 5.74) is 3.57. The Balaban J connectivity index is 1.30. The smallest absolute Gasteiger partial charge is 0.254 e. The highest BCUT2D eigenvalue weighted by atomic mass is 35.5. The van der Waals surface area contributed by atoms with Gasteiger partial charge in [-0.1, -0.05) is 54.1 Å². The van der Waals surface area contributed by atoms with Crippen LogP contribution in [0, 0.1) is 5.92 Å². The van der Waals surface area contributed by atoms with Crippen molar-refractivity contribution in [2.75, 3.05) is 33.4 Å². The zero-order chi connectivity index (χ0) is 26.6. The molecule has 3 aromatic rings. The minimum atomic E-state index is -0.481. The number of ether oxygens (including phenoxy) is 1.